The predicted octanol–water partition coefficient (Wildman–Crippen LogP) is 2.81. The van der Waals surface area contributed by atoms with Gasteiger partial charge in [0, 0.05) is 0 Å². The van der Waals surface area contributed by atoms with Crippen molar-refractivity contribution in [3.8, 4) is 0 Å². The SMILES string of the molecule is CC1CC=CC(F)=C1C1CCNCC1. The fourth-order valence-electron chi connectivity index (χ4n) is 2.56. The lowest BCUT2D eigenvalue weighted by atomic mass is 9.79. The Bertz CT molecular complexity index is 261. The summed E-state index contributed by atoms with van der Waals surface area (Å²) in [6, 6.07) is 0. The Morgan fingerprint density at radius 1 is 1.36 bits per heavy atom. The molecule has 0 aromatic heterocycles. The molecule has 1 nitrogen and oxygen atoms in total. The fourth-order valence-corrected chi connectivity index (χ4v) is 2.56. The molecular weight excluding hydrogens is 177 g/mol. The van der Waals surface area contributed by atoms with E-state index in [0.29, 0.717) is 11.8 Å². The second kappa shape index (κ2) is 4.26. The molecule has 0 radical (unpaired) electrons. The average Bonchev–Trinajstić information content (AvgIpc) is 2.19. The van der Waals surface area contributed by atoms with E-state index in [2.05, 4.69) is 12.2 Å². The molecule has 1 atom stereocenters. The van der Waals surface area contributed by atoms with E-state index in [0.717, 1.165) is 37.9 Å². The number of hydrogen-bond donors (Lipinski definition) is 1. The van der Waals surface area contributed by atoms with Gasteiger partial charge in [-0.3, -0.25) is 0 Å². The monoisotopic (exact) mass is 195 g/mol. The molecule has 1 N–H and O–H groups in total. The van der Waals surface area contributed by atoms with Gasteiger partial charge >= 0.3 is 0 Å². The van der Waals surface area contributed by atoms with Gasteiger partial charge in [-0.1, -0.05) is 13.0 Å². The summed E-state index contributed by atoms with van der Waals surface area (Å²) in [6.45, 7) is 4.22. The van der Waals surface area contributed by atoms with Gasteiger partial charge in [0.15, 0.2) is 0 Å². The van der Waals surface area contributed by atoms with Crippen LogP contribution in [0.1, 0.15) is 26.2 Å². The molecule has 0 spiro atoms. The third-order valence-corrected chi connectivity index (χ3v) is 3.34. The smallest absolute Gasteiger partial charge is 0.122 e. The van der Waals surface area contributed by atoms with Gasteiger partial charge in [-0.05, 0) is 55.8 Å². The van der Waals surface area contributed by atoms with Gasteiger partial charge in [-0.15, -0.1) is 0 Å². The van der Waals surface area contributed by atoms with Crippen LogP contribution >= 0.6 is 0 Å². The summed E-state index contributed by atoms with van der Waals surface area (Å²) in [5.74, 6) is 0.926. The number of hydrogen-bond acceptors (Lipinski definition) is 1. The van der Waals surface area contributed by atoms with E-state index in [4.69, 9.17) is 0 Å². The third kappa shape index (κ3) is 1.90. The van der Waals surface area contributed by atoms with E-state index in [1.807, 2.05) is 6.08 Å². The largest absolute Gasteiger partial charge is 0.317 e. The fraction of sp³-hybridized carbons (Fsp3) is 0.667. The van der Waals surface area contributed by atoms with Gasteiger partial charge in [0.2, 0.25) is 0 Å². The molecule has 1 aliphatic heterocycles. The minimum absolute atomic E-state index is 0.0376. The van der Waals surface area contributed by atoms with Gasteiger partial charge in [0.25, 0.3) is 0 Å². The first kappa shape index (κ1) is 9.91. The van der Waals surface area contributed by atoms with Crippen LogP contribution in [0.5, 0.6) is 0 Å². The topological polar surface area (TPSA) is 12.0 Å². The molecule has 1 heterocycles. The molecular formula is C12H18FN. The van der Waals surface area contributed by atoms with E-state index in [-0.39, 0.29) is 5.83 Å². The molecule has 0 saturated carbocycles. The Balaban J connectivity index is 2.16. The van der Waals surface area contributed by atoms with Gasteiger partial charge in [-0.25, -0.2) is 4.39 Å². The first-order valence-electron chi connectivity index (χ1n) is 5.56. The molecule has 78 valence electrons. The zero-order valence-corrected chi connectivity index (χ0v) is 8.72. The molecule has 0 bridgehead atoms. The highest BCUT2D eigenvalue weighted by Gasteiger charge is 2.25. The van der Waals surface area contributed by atoms with E-state index < -0.39 is 0 Å². The van der Waals surface area contributed by atoms with Gasteiger partial charge in [0.05, 0.1) is 0 Å². The van der Waals surface area contributed by atoms with Crippen molar-refractivity contribution in [2.24, 2.45) is 11.8 Å². The maximum Gasteiger partial charge on any atom is 0.122 e. The van der Waals surface area contributed by atoms with Crippen LogP contribution < -0.4 is 5.32 Å². The summed E-state index contributed by atoms with van der Waals surface area (Å²) < 4.78 is 13.7. The van der Waals surface area contributed by atoms with E-state index in [9.17, 15) is 4.39 Å². The van der Waals surface area contributed by atoms with Crippen LogP contribution in [0, 0.1) is 11.8 Å². The Kier molecular flexibility index (Phi) is 3.02. The summed E-state index contributed by atoms with van der Waals surface area (Å²) in [4.78, 5) is 0. The zero-order chi connectivity index (χ0) is 9.97. The lowest BCUT2D eigenvalue weighted by molar-refractivity contribution is 0.376. The van der Waals surface area contributed by atoms with Gasteiger partial charge < -0.3 is 5.32 Å². The highest BCUT2D eigenvalue weighted by atomic mass is 19.1. The maximum absolute atomic E-state index is 13.7. The van der Waals surface area contributed by atoms with E-state index >= 15 is 0 Å². The molecule has 1 fully saturated rings. The first-order chi connectivity index (χ1) is 6.79. The summed E-state index contributed by atoms with van der Waals surface area (Å²) in [6.07, 6.45) is 6.80. The van der Waals surface area contributed by atoms with Crippen molar-refractivity contribution in [3.05, 3.63) is 23.6 Å². The second-order valence-corrected chi connectivity index (χ2v) is 4.37. The summed E-state index contributed by atoms with van der Waals surface area (Å²) >= 11 is 0. The number of rotatable bonds is 1. The van der Waals surface area contributed by atoms with Crippen molar-refractivity contribution in [2.45, 2.75) is 26.2 Å². The second-order valence-electron chi connectivity index (χ2n) is 4.37. The van der Waals surface area contributed by atoms with Crippen LogP contribution in [0.4, 0.5) is 4.39 Å². The van der Waals surface area contributed by atoms with Crippen molar-refractivity contribution in [2.75, 3.05) is 13.1 Å². The van der Waals surface area contributed by atoms with E-state index in [1.165, 1.54) is 0 Å². The number of allylic oxidation sites excluding steroid dienone is 4. The van der Waals surface area contributed by atoms with Crippen LogP contribution in [0.25, 0.3) is 0 Å². The minimum atomic E-state index is 0.0376. The summed E-state index contributed by atoms with van der Waals surface area (Å²) in [7, 11) is 0. The van der Waals surface area contributed by atoms with Crippen LogP contribution in [-0.4, -0.2) is 13.1 Å². The number of halogens is 1. The molecule has 1 unspecified atom stereocenters. The van der Waals surface area contributed by atoms with Crippen LogP contribution in [-0.2, 0) is 0 Å². The molecule has 0 amide bonds. The van der Waals surface area contributed by atoms with Crippen molar-refractivity contribution in [3.63, 3.8) is 0 Å². The number of nitrogens with one attached hydrogen (secondary N) is 1. The third-order valence-electron chi connectivity index (χ3n) is 3.34. The van der Waals surface area contributed by atoms with Crippen LogP contribution in [0.2, 0.25) is 0 Å². The molecule has 14 heavy (non-hydrogen) atoms. The summed E-state index contributed by atoms with van der Waals surface area (Å²) in [5, 5.41) is 3.32. The Morgan fingerprint density at radius 3 is 2.71 bits per heavy atom. The van der Waals surface area contributed by atoms with Crippen molar-refractivity contribution in [1.29, 1.82) is 0 Å². The zero-order valence-electron chi connectivity index (χ0n) is 8.72. The van der Waals surface area contributed by atoms with Crippen molar-refractivity contribution < 1.29 is 4.39 Å². The van der Waals surface area contributed by atoms with Crippen LogP contribution in [0.3, 0.4) is 0 Å². The van der Waals surface area contributed by atoms with Crippen molar-refractivity contribution >= 4 is 0 Å². The minimum Gasteiger partial charge on any atom is -0.317 e. The molecule has 2 rings (SSSR count). The Labute approximate surface area is 85.1 Å². The highest BCUT2D eigenvalue weighted by molar-refractivity contribution is 5.28. The molecule has 1 aliphatic carbocycles. The van der Waals surface area contributed by atoms with Gasteiger partial charge in [-0.2, -0.15) is 0 Å². The lowest BCUT2D eigenvalue weighted by Crippen LogP contribution is -2.30. The molecule has 2 aliphatic rings. The summed E-state index contributed by atoms with van der Waals surface area (Å²) in [5.41, 5.74) is 1.08. The maximum atomic E-state index is 13.7. The molecule has 0 aromatic rings. The predicted molar refractivity (Wildman–Crippen MR) is 56.6 cm³/mol. The van der Waals surface area contributed by atoms with Gasteiger partial charge in [0.1, 0.15) is 5.83 Å². The Morgan fingerprint density at radius 2 is 2.07 bits per heavy atom. The molecule has 2 heteroatoms. The van der Waals surface area contributed by atoms with Crippen molar-refractivity contribution in [1.82, 2.24) is 5.32 Å². The lowest BCUT2D eigenvalue weighted by Gasteiger charge is -2.30. The van der Waals surface area contributed by atoms with Crippen LogP contribution in [0.15, 0.2) is 23.6 Å². The number of piperidine rings is 1. The Hall–Kier alpha value is -0.630. The normalized spacial score (nSPS) is 29.7. The quantitative estimate of drug-likeness (QED) is 0.678. The average molecular weight is 195 g/mol. The molecule has 1 saturated heterocycles. The standard InChI is InChI=1S/C12H18FN/c1-9-3-2-4-11(13)12(9)10-5-7-14-8-6-10/h2,4,9-10,14H,3,5-8H2,1H3. The van der Waals surface area contributed by atoms with E-state index in [1.54, 1.807) is 6.08 Å². The first-order valence-corrected chi connectivity index (χ1v) is 5.56. The highest BCUT2D eigenvalue weighted by Crippen LogP contribution is 2.35. The molecule has 0 aromatic carbocycles.